The molecule has 1 N–H and O–H groups in total. The first-order valence-corrected chi connectivity index (χ1v) is 5.72. The fraction of sp³-hybridized carbons (Fsp3) is 0.333. The molecule has 0 aromatic carbocycles. The Labute approximate surface area is 91.4 Å². The van der Waals surface area contributed by atoms with Gasteiger partial charge in [-0.05, 0) is 43.1 Å². The van der Waals surface area contributed by atoms with Gasteiger partial charge in [-0.3, -0.25) is 9.67 Å². The molecule has 3 nitrogen and oxygen atoms in total. The number of nitrogens with zero attached hydrogens (tertiary/aromatic N) is 2. The van der Waals surface area contributed by atoms with Gasteiger partial charge in [0.05, 0.1) is 4.88 Å². The second-order valence-corrected chi connectivity index (χ2v) is 4.38. The summed E-state index contributed by atoms with van der Waals surface area (Å²) in [5.74, 6) is 0.940. The maximum Gasteiger partial charge on any atom is 0.195 e. The lowest BCUT2D eigenvalue weighted by atomic mass is 10.3. The molecule has 2 heterocycles. The molecule has 0 spiro atoms. The number of rotatable bonds is 2. The number of aromatic nitrogens is 3. The summed E-state index contributed by atoms with van der Waals surface area (Å²) in [6.45, 7) is 4.99. The monoisotopic (exact) mass is 225 g/mol. The van der Waals surface area contributed by atoms with Gasteiger partial charge in [0.25, 0.3) is 0 Å². The van der Waals surface area contributed by atoms with Crippen molar-refractivity contribution in [1.29, 1.82) is 0 Å². The number of thiophene rings is 1. The zero-order valence-corrected chi connectivity index (χ0v) is 9.71. The molecule has 0 amide bonds. The maximum absolute atomic E-state index is 5.13. The quantitative estimate of drug-likeness (QED) is 0.797. The minimum Gasteiger partial charge on any atom is -0.300 e. The second-order valence-electron chi connectivity index (χ2n) is 3.08. The molecular formula is C9H11N3S2. The van der Waals surface area contributed by atoms with Gasteiger partial charge in [0.15, 0.2) is 10.6 Å². The summed E-state index contributed by atoms with van der Waals surface area (Å²) in [6, 6.07) is 2.13. The molecule has 0 saturated heterocycles. The van der Waals surface area contributed by atoms with Gasteiger partial charge in [-0.15, -0.1) is 11.3 Å². The van der Waals surface area contributed by atoms with Crippen LogP contribution in [0.4, 0.5) is 0 Å². The molecule has 0 aliphatic heterocycles. The molecular weight excluding hydrogens is 214 g/mol. The highest BCUT2D eigenvalue weighted by molar-refractivity contribution is 7.71. The highest BCUT2D eigenvalue weighted by atomic mass is 32.1. The van der Waals surface area contributed by atoms with Crippen molar-refractivity contribution in [2.75, 3.05) is 0 Å². The van der Waals surface area contributed by atoms with Crippen LogP contribution in [0.3, 0.4) is 0 Å². The average Bonchev–Trinajstić information content (AvgIpc) is 2.71. The molecule has 2 rings (SSSR count). The van der Waals surface area contributed by atoms with E-state index < -0.39 is 0 Å². The van der Waals surface area contributed by atoms with E-state index >= 15 is 0 Å². The standard InChI is InChI=1S/C9H11N3S2/c1-3-12-8(10-11-9(12)13)7-4-6(2)5-14-7/h4-5H,3H2,1-2H3,(H,11,13). The van der Waals surface area contributed by atoms with E-state index in [2.05, 4.69) is 35.5 Å². The van der Waals surface area contributed by atoms with E-state index in [1.165, 1.54) is 5.56 Å². The van der Waals surface area contributed by atoms with Crippen LogP contribution >= 0.6 is 23.6 Å². The molecule has 14 heavy (non-hydrogen) atoms. The summed E-state index contributed by atoms with van der Waals surface area (Å²) in [5.41, 5.74) is 1.27. The molecule has 0 atom stereocenters. The molecule has 2 aromatic rings. The summed E-state index contributed by atoms with van der Waals surface area (Å²) in [4.78, 5) is 1.16. The highest BCUT2D eigenvalue weighted by Gasteiger charge is 2.08. The van der Waals surface area contributed by atoms with E-state index in [1.54, 1.807) is 11.3 Å². The fourth-order valence-corrected chi connectivity index (χ4v) is 2.50. The molecule has 5 heteroatoms. The lowest BCUT2D eigenvalue weighted by Crippen LogP contribution is -1.96. The first-order valence-electron chi connectivity index (χ1n) is 4.43. The SMILES string of the molecule is CCn1c(-c2cc(C)cs2)n[nH]c1=S. The molecule has 2 aromatic heterocycles. The van der Waals surface area contributed by atoms with Crippen LogP contribution in [0.5, 0.6) is 0 Å². The number of hydrogen-bond acceptors (Lipinski definition) is 3. The Kier molecular flexibility index (Phi) is 2.52. The van der Waals surface area contributed by atoms with Crippen LogP contribution in [0.15, 0.2) is 11.4 Å². The van der Waals surface area contributed by atoms with Crippen molar-refractivity contribution in [2.24, 2.45) is 0 Å². The van der Waals surface area contributed by atoms with Crippen LogP contribution in [-0.2, 0) is 6.54 Å². The Hall–Kier alpha value is -0.940. The van der Waals surface area contributed by atoms with Crippen molar-refractivity contribution < 1.29 is 0 Å². The largest absolute Gasteiger partial charge is 0.300 e. The van der Waals surface area contributed by atoms with Crippen molar-refractivity contribution in [1.82, 2.24) is 14.8 Å². The normalized spacial score (nSPS) is 10.7. The Balaban J connectivity index is 2.56. The average molecular weight is 225 g/mol. The summed E-state index contributed by atoms with van der Waals surface area (Å²) in [5, 5.41) is 9.16. The highest BCUT2D eigenvalue weighted by Crippen LogP contribution is 2.25. The third kappa shape index (κ3) is 1.53. The summed E-state index contributed by atoms with van der Waals surface area (Å²) >= 11 is 6.82. The Bertz CT molecular complexity index is 492. The minimum atomic E-state index is 0.688. The first-order chi connectivity index (χ1) is 6.72. The van der Waals surface area contributed by atoms with Crippen LogP contribution in [0.1, 0.15) is 12.5 Å². The van der Waals surface area contributed by atoms with Gasteiger partial charge in [0.2, 0.25) is 0 Å². The number of aromatic amines is 1. The summed E-state index contributed by atoms with van der Waals surface area (Å²) < 4.78 is 2.69. The zero-order chi connectivity index (χ0) is 10.1. The Morgan fingerprint density at radius 2 is 2.43 bits per heavy atom. The number of aryl methyl sites for hydroxylation is 1. The molecule has 0 aliphatic rings. The third-order valence-corrected chi connectivity index (χ3v) is 3.38. The molecule has 0 unspecified atom stereocenters. The van der Waals surface area contributed by atoms with E-state index in [0.29, 0.717) is 4.77 Å². The van der Waals surface area contributed by atoms with Gasteiger partial charge in [-0.1, -0.05) is 0 Å². The molecule has 0 fully saturated rings. The summed E-state index contributed by atoms with van der Waals surface area (Å²) in [7, 11) is 0. The summed E-state index contributed by atoms with van der Waals surface area (Å²) in [6.07, 6.45) is 0. The predicted molar refractivity (Wildman–Crippen MR) is 61.1 cm³/mol. The smallest absolute Gasteiger partial charge is 0.195 e. The van der Waals surface area contributed by atoms with Gasteiger partial charge in [-0.2, -0.15) is 5.10 Å². The van der Waals surface area contributed by atoms with Gasteiger partial charge >= 0.3 is 0 Å². The van der Waals surface area contributed by atoms with E-state index in [1.807, 2.05) is 4.57 Å². The van der Waals surface area contributed by atoms with E-state index in [9.17, 15) is 0 Å². The predicted octanol–water partition coefficient (Wildman–Crippen LogP) is 3.00. The lowest BCUT2D eigenvalue weighted by molar-refractivity contribution is 0.757. The van der Waals surface area contributed by atoms with E-state index in [-0.39, 0.29) is 0 Å². The van der Waals surface area contributed by atoms with Crippen LogP contribution < -0.4 is 0 Å². The van der Waals surface area contributed by atoms with Crippen molar-refractivity contribution >= 4 is 23.6 Å². The van der Waals surface area contributed by atoms with E-state index in [4.69, 9.17) is 12.2 Å². The van der Waals surface area contributed by atoms with Crippen molar-refractivity contribution in [2.45, 2.75) is 20.4 Å². The van der Waals surface area contributed by atoms with Gasteiger partial charge in [0.1, 0.15) is 0 Å². The molecule has 0 saturated carbocycles. The lowest BCUT2D eigenvalue weighted by Gasteiger charge is -1.99. The number of hydrogen-bond donors (Lipinski definition) is 1. The number of nitrogens with one attached hydrogen (secondary N) is 1. The van der Waals surface area contributed by atoms with Gasteiger partial charge in [-0.25, -0.2) is 0 Å². The van der Waals surface area contributed by atoms with Crippen molar-refractivity contribution in [3.8, 4) is 10.7 Å². The van der Waals surface area contributed by atoms with Gasteiger partial charge < -0.3 is 0 Å². The molecule has 0 radical (unpaired) electrons. The van der Waals surface area contributed by atoms with Crippen LogP contribution in [0, 0.1) is 11.7 Å². The van der Waals surface area contributed by atoms with Crippen molar-refractivity contribution in [3.05, 3.63) is 21.8 Å². The third-order valence-electron chi connectivity index (χ3n) is 2.03. The second kappa shape index (κ2) is 3.67. The fourth-order valence-electron chi connectivity index (χ4n) is 1.35. The van der Waals surface area contributed by atoms with Crippen molar-refractivity contribution in [3.63, 3.8) is 0 Å². The number of H-pyrrole nitrogens is 1. The van der Waals surface area contributed by atoms with Crippen LogP contribution in [0.2, 0.25) is 0 Å². The molecule has 74 valence electrons. The van der Waals surface area contributed by atoms with Crippen LogP contribution in [-0.4, -0.2) is 14.8 Å². The Morgan fingerprint density at radius 3 is 3.00 bits per heavy atom. The molecule has 0 aliphatic carbocycles. The maximum atomic E-state index is 5.13. The topological polar surface area (TPSA) is 33.6 Å². The van der Waals surface area contributed by atoms with Crippen LogP contribution in [0.25, 0.3) is 10.7 Å². The minimum absolute atomic E-state index is 0.688. The van der Waals surface area contributed by atoms with Gasteiger partial charge in [0, 0.05) is 6.54 Å². The first kappa shape index (κ1) is 9.61. The Morgan fingerprint density at radius 1 is 1.64 bits per heavy atom. The van der Waals surface area contributed by atoms with E-state index in [0.717, 1.165) is 17.2 Å². The molecule has 0 bridgehead atoms. The zero-order valence-electron chi connectivity index (χ0n) is 8.07.